The van der Waals surface area contributed by atoms with Crippen molar-refractivity contribution in [3.8, 4) is 10.4 Å². The van der Waals surface area contributed by atoms with Crippen molar-refractivity contribution >= 4 is 39.1 Å². The van der Waals surface area contributed by atoms with Gasteiger partial charge in [-0.15, -0.1) is 11.3 Å². The SMILES string of the molecule is CC(=O)Nc1ccc(-c2ccc(S(=O)(=O)N[C@H]3C[C@]3(C)c3ccccc3)s2)cc1.O=C(O)O. The number of rotatable bonds is 6. The summed E-state index contributed by atoms with van der Waals surface area (Å²) in [5.41, 5.74) is 2.61. The van der Waals surface area contributed by atoms with Gasteiger partial charge in [0.05, 0.1) is 0 Å². The van der Waals surface area contributed by atoms with Crippen LogP contribution in [0.25, 0.3) is 10.4 Å². The minimum Gasteiger partial charge on any atom is -0.450 e. The van der Waals surface area contributed by atoms with Gasteiger partial charge in [0, 0.05) is 28.9 Å². The van der Waals surface area contributed by atoms with Gasteiger partial charge in [-0.3, -0.25) is 4.79 Å². The molecule has 174 valence electrons. The van der Waals surface area contributed by atoms with Crippen LogP contribution in [0, 0.1) is 0 Å². The number of anilines is 1. The molecule has 1 aliphatic carbocycles. The zero-order chi connectivity index (χ0) is 24.2. The molecule has 10 heteroatoms. The highest BCUT2D eigenvalue weighted by molar-refractivity contribution is 7.91. The lowest BCUT2D eigenvalue weighted by atomic mass is 9.98. The number of amides is 1. The van der Waals surface area contributed by atoms with Gasteiger partial charge in [-0.2, -0.15) is 0 Å². The molecule has 3 aromatic rings. The monoisotopic (exact) mass is 488 g/mol. The van der Waals surface area contributed by atoms with Gasteiger partial charge in [0.1, 0.15) is 4.21 Å². The van der Waals surface area contributed by atoms with Crippen LogP contribution < -0.4 is 10.0 Å². The van der Waals surface area contributed by atoms with E-state index in [4.69, 9.17) is 15.0 Å². The number of carbonyl (C=O) groups excluding carboxylic acids is 1. The van der Waals surface area contributed by atoms with E-state index in [1.54, 1.807) is 18.2 Å². The predicted octanol–water partition coefficient (Wildman–Crippen LogP) is 4.60. The molecule has 4 rings (SSSR count). The fourth-order valence-electron chi connectivity index (χ4n) is 3.46. The fourth-order valence-corrected chi connectivity index (χ4v) is 6.14. The molecule has 8 nitrogen and oxygen atoms in total. The van der Waals surface area contributed by atoms with Crippen molar-refractivity contribution in [2.24, 2.45) is 0 Å². The van der Waals surface area contributed by atoms with Crippen molar-refractivity contribution in [1.29, 1.82) is 0 Å². The molecular weight excluding hydrogens is 464 g/mol. The maximum absolute atomic E-state index is 12.9. The molecule has 1 heterocycles. The number of hydrogen-bond donors (Lipinski definition) is 4. The third kappa shape index (κ3) is 6.19. The number of benzene rings is 2. The van der Waals surface area contributed by atoms with E-state index in [1.165, 1.54) is 18.3 Å². The van der Waals surface area contributed by atoms with Gasteiger partial charge < -0.3 is 15.5 Å². The molecule has 0 saturated heterocycles. The molecule has 1 aliphatic rings. The summed E-state index contributed by atoms with van der Waals surface area (Å²) < 4.78 is 28.9. The van der Waals surface area contributed by atoms with Crippen molar-refractivity contribution in [2.75, 3.05) is 5.32 Å². The first-order chi connectivity index (χ1) is 15.5. The summed E-state index contributed by atoms with van der Waals surface area (Å²) in [5, 5.41) is 16.7. The molecule has 1 aromatic heterocycles. The van der Waals surface area contributed by atoms with Crippen molar-refractivity contribution in [3.05, 3.63) is 72.3 Å². The Hall–Kier alpha value is -3.21. The highest BCUT2D eigenvalue weighted by atomic mass is 32.2. The standard InChI is InChI=1S/C22H22N2O3S2.CH2O3/c1-15(25)23-18-10-8-16(9-11-18)19-12-13-21(28-19)29(26,27)24-20-14-22(20,2)17-6-4-3-5-7-17;2-1(3)4/h3-13,20,24H,14H2,1-2H3,(H,23,25);(H2,2,3,4)/t20-,22+;/m0./s1. The summed E-state index contributed by atoms with van der Waals surface area (Å²) in [6.45, 7) is 3.55. The maximum atomic E-state index is 12.9. The molecule has 2 aromatic carbocycles. The lowest BCUT2D eigenvalue weighted by molar-refractivity contribution is -0.114. The Labute approximate surface area is 196 Å². The highest BCUT2D eigenvalue weighted by Gasteiger charge is 2.53. The van der Waals surface area contributed by atoms with E-state index in [0.29, 0.717) is 9.90 Å². The number of sulfonamides is 1. The fraction of sp³-hybridized carbons (Fsp3) is 0.217. The summed E-state index contributed by atoms with van der Waals surface area (Å²) in [6, 6.07) is 20.7. The molecule has 0 spiro atoms. The first-order valence-corrected chi connectivity index (χ1v) is 12.3. The molecule has 1 fully saturated rings. The van der Waals surface area contributed by atoms with E-state index in [9.17, 15) is 13.2 Å². The van der Waals surface area contributed by atoms with E-state index in [2.05, 4.69) is 17.0 Å². The van der Waals surface area contributed by atoms with E-state index in [1.807, 2.05) is 48.5 Å². The van der Waals surface area contributed by atoms with Crippen LogP contribution in [0.3, 0.4) is 0 Å². The first kappa shape index (κ1) is 24.4. The van der Waals surface area contributed by atoms with Gasteiger partial charge in [0.25, 0.3) is 0 Å². The summed E-state index contributed by atoms with van der Waals surface area (Å²) in [4.78, 5) is 20.5. The molecule has 4 N–H and O–H groups in total. The van der Waals surface area contributed by atoms with Gasteiger partial charge in [-0.05, 0) is 41.8 Å². The average Bonchev–Trinajstić information content (AvgIpc) is 3.15. The zero-order valence-corrected chi connectivity index (χ0v) is 19.6. The predicted molar refractivity (Wildman–Crippen MR) is 127 cm³/mol. The normalized spacial score (nSPS) is 19.2. The van der Waals surface area contributed by atoms with E-state index in [0.717, 1.165) is 22.4 Å². The second-order valence-corrected chi connectivity index (χ2v) is 10.8. The van der Waals surface area contributed by atoms with Crippen LogP contribution in [0.5, 0.6) is 0 Å². The molecule has 2 atom stereocenters. The molecule has 0 aliphatic heterocycles. The van der Waals surface area contributed by atoms with Crippen LogP contribution >= 0.6 is 11.3 Å². The zero-order valence-electron chi connectivity index (χ0n) is 18.0. The molecule has 1 saturated carbocycles. The Morgan fingerprint density at radius 2 is 1.61 bits per heavy atom. The minimum atomic E-state index is -3.58. The van der Waals surface area contributed by atoms with Crippen LogP contribution in [0.4, 0.5) is 10.5 Å². The van der Waals surface area contributed by atoms with Gasteiger partial charge >= 0.3 is 6.16 Å². The van der Waals surface area contributed by atoms with Crippen LogP contribution in [0.2, 0.25) is 0 Å². The maximum Gasteiger partial charge on any atom is 0.503 e. The van der Waals surface area contributed by atoms with E-state index >= 15 is 0 Å². The molecule has 1 amide bonds. The summed E-state index contributed by atoms with van der Waals surface area (Å²) in [6.07, 6.45) is -1.04. The third-order valence-corrected chi connectivity index (χ3v) is 8.40. The lowest BCUT2D eigenvalue weighted by Crippen LogP contribution is -2.29. The van der Waals surface area contributed by atoms with Crippen LogP contribution in [-0.4, -0.2) is 36.7 Å². The Bertz CT molecular complexity index is 1240. The smallest absolute Gasteiger partial charge is 0.450 e. The topological polar surface area (TPSA) is 133 Å². The Balaban J connectivity index is 0.000000709. The minimum absolute atomic E-state index is 0.0996. The Morgan fingerprint density at radius 1 is 1.00 bits per heavy atom. The lowest BCUT2D eigenvalue weighted by Gasteiger charge is -2.12. The summed E-state index contributed by atoms with van der Waals surface area (Å²) >= 11 is 1.24. The molecule has 0 bridgehead atoms. The largest absolute Gasteiger partial charge is 0.503 e. The van der Waals surface area contributed by atoms with Gasteiger partial charge in [0.2, 0.25) is 15.9 Å². The Morgan fingerprint density at radius 3 is 2.18 bits per heavy atom. The molecular formula is C23H24N2O6S2. The number of thiophene rings is 1. The molecule has 33 heavy (non-hydrogen) atoms. The van der Waals surface area contributed by atoms with Gasteiger partial charge in [-0.1, -0.05) is 49.4 Å². The number of hydrogen-bond acceptors (Lipinski definition) is 5. The van der Waals surface area contributed by atoms with Crippen LogP contribution in [0.1, 0.15) is 25.8 Å². The second-order valence-electron chi connectivity index (χ2n) is 7.82. The number of carbonyl (C=O) groups is 2. The third-order valence-electron chi connectivity index (χ3n) is 5.30. The Kier molecular flexibility index (Phi) is 7.21. The molecule has 0 unspecified atom stereocenters. The van der Waals surface area contributed by atoms with Crippen molar-refractivity contribution in [3.63, 3.8) is 0 Å². The van der Waals surface area contributed by atoms with Crippen molar-refractivity contribution in [1.82, 2.24) is 4.72 Å². The summed E-state index contributed by atoms with van der Waals surface area (Å²) in [5.74, 6) is -0.129. The van der Waals surface area contributed by atoms with Crippen LogP contribution in [-0.2, 0) is 20.2 Å². The van der Waals surface area contributed by atoms with E-state index < -0.39 is 16.2 Å². The summed E-state index contributed by atoms with van der Waals surface area (Å²) in [7, 11) is -3.58. The second kappa shape index (κ2) is 9.74. The quantitative estimate of drug-likeness (QED) is 0.401. The molecule has 0 radical (unpaired) electrons. The average molecular weight is 489 g/mol. The van der Waals surface area contributed by atoms with E-state index in [-0.39, 0.29) is 17.4 Å². The van der Waals surface area contributed by atoms with Gasteiger partial charge in [0.15, 0.2) is 0 Å². The number of nitrogens with one attached hydrogen (secondary N) is 2. The van der Waals surface area contributed by atoms with Crippen molar-refractivity contribution in [2.45, 2.75) is 35.9 Å². The number of carboxylic acid groups (broad SMARTS) is 2. The first-order valence-electron chi connectivity index (χ1n) is 9.99. The van der Waals surface area contributed by atoms with Gasteiger partial charge in [-0.25, -0.2) is 17.9 Å². The van der Waals surface area contributed by atoms with Crippen LogP contribution in [0.15, 0.2) is 70.9 Å². The highest BCUT2D eigenvalue weighted by Crippen LogP contribution is 2.48. The van der Waals surface area contributed by atoms with Crippen molar-refractivity contribution < 1.29 is 28.2 Å².